The van der Waals surface area contributed by atoms with Crippen LogP contribution in [0, 0.1) is 5.92 Å². The van der Waals surface area contributed by atoms with Gasteiger partial charge in [0.2, 0.25) is 10.0 Å². The topological polar surface area (TPSA) is 46.6 Å². The Labute approximate surface area is 154 Å². The summed E-state index contributed by atoms with van der Waals surface area (Å²) in [5.74, 6) is 0.222. The van der Waals surface area contributed by atoms with Crippen LogP contribution in [-0.4, -0.2) is 32.4 Å². The molecule has 4 nitrogen and oxygen atoms in total. The van der Waals surface area contributed by atoms with Gasteiger partial charge in [0, 0.05) is 18.1 Å². The highest BCUT2D eigenvalue weighted by molar-refractivity contribution is 7.89. The molecule has 0 N–H and O–H groups in total. The van der Waals surface area contributed by atoms with E-state index in [1.165, 1.54) is 0 Å². The number of rotatable bonds is 6. The van der Waals surface area contributed by atoms with Gasteiger partial charge in [-0.05, 0) is 48.6 Å². The smallest absolute Gasteiger partial charge is 0.243 e. The van der Waals surface area contributed by atoms with E-state index in [0.717, 1.165) is 18.4 Å². The summed E-state index contributed by atoms with van der Waals surface area (Å²) in [5, 5.41) is 0.532. The van der Waals surface area contributed by atoms with Crippen LogP contribution in [0.3, 0.4) is 0 Å². The zero-order valence-electron chi connectivity index (χ0n) is 14.0. The Morgan fingerprint density at radius 3 is 2.52 bits per heavy atom. The Morgan fingerprint density at radius 1 is 1.08 bits per heavy atom. The van der Waals surface area contributed by atoms with Crippen molar-refractivity contribution < 1.29 is 13.2 Å². The number of sulfonamides is 1. The number of halogens is 1. The van der Waals surface area contributed by atoms with Crippen LogP contribution >= 0.6 is 11.6 Å². The van der Waals surface area contributed by atoms with Crippen LogP contribution in [-0.2, 0) is 21.4 Å². The van der Waals surface area contributed by atoms with Crippen molar-refractivity contribution in [3.63, 3.8) is 0 Å². The van der Waals surface area contributed by atoms with Crippen LogP contribution in [0.2, 0.25) is 5.02 Å². The number of hydrogen-bond acceptors (Lipinski definition) is 3. The third-order valence-electron chi connectivity index (χ3n) is 4.40. The minimum Gasteiger partial charge on any atom is -0.376 e. The molecular formula is C19H22ClNO3S. The van der Waals surface area contributed by atoms with E-state index in [1.54, 1.807) is 28.6 Å². The third kappa shape index (κ3) is 4.82. The van der Waals surface area contributed by atoms with E-state index < -0.39 is 10.0 Å². The fraction of sp³-hybridized carbons (Fsp3) is 0.368. The van der Waals surface area contributed by atoms with E-state index in [0.29, 0.717) is 36.2 Å². The first kappa shape index (κ1) is 18.4. The van der Waals surface area contributed by atoms with Crippen molar-refractivity contribution in [1.29, 1.82) is 0 Å². The summed E-state index contributed by atoms with van der Waals surface area (Å²) in [7, 11) is -3.47. The SMILES string of the molecule is O=S(=O)(c1ccc(Cl)cc1)N1CCCC(COCc2ccccc2)C1. The molecule has 1 heterocycles. The lowest BCUT2D eigenvalue weighted by molar-refractivity contribution is 0.0672. The van der Waals surface area contributed by atoms with Crippen LogP contribution in [0.1, 0.15) is 18.4 Å². The molecule has 0 aliphatic carbocycles. The monoisotopic (exact) mass is 379 g/mol. The largest absolute Gasteiger partial charge is 0.376 e. The van der Waals surface area contributed by atoms with Crippen LogP contribution in [0.5, 0.6) is 0 Å². The van der Waals surface area contributed by atoms with Crippen molar-refractivity contribution in [3.05, 3.63) is 65.2 Å². The standard InChI is InChI=1S/C19H22ClNO3S/c20-18-8-10-19(11-9-18)25(22,23)21-12-4-7-17(13-21)15-24-14-16-5-2-1-3-6-16/h1-3,5-6,8-11,17H,4,7,12-15H2. The number of benzene rings is 2. The van der Waals surface area contributed by atoms with Gasteiger partial charge in [-0.3, -0.25) is 0 Å². The molecule has 134 valence electrons. The first-order valence-electron chi connectivity index (χ1n) is 8.43. The molecule has 25 heavy (non-hydrogen) atoms. The molecule has 1 fully saturated rings. The predicted molar refractivity (Wildman–Crippen MR) is 99.0 cm³/mol. The summed E-state index contributed by atoms with van der Waals surface area (Å²) in [6, 6.07) is 16.3. The van der Waals surface area contributed by atoms with Gasteiger partial charge in [0.25, 0.3) is 0 Å². The summed E-state index contributed by atoms with van der Waals surface area (Å²) in [6.07, 6.45) is 1.84. The van der Waals surface area contributed by atoms with E-state index in [2.05, 4.69) is 0 Å². The van der Waals surface area contributed by atoms with Gasteiger partial charge in [-0.1, -0.05) is 41.9 Å². The molecule has 0 spiro atoms. The van der Waals surface area contributed by atoms with Gasteiger partial charge in [-0.2, -0.15) is 4.31 Å². The van der Waals surface area contributed by atoms with E-state index in [9.17, 15) is 8.42 Å². The van der Waals surface area contributed by atoms with Crippen molar-refractivity contribution in [2.75, 3.05) is 19.7 Å². The van der Waals surface area contributed by atoms with Crippen LogP contribution in [0.4, 0.5) is 0 Å². The minimum atomic E-state index is -3.47. The molecule has 1 aliphatic rings. The zero-order chi connectivity index (χ0) is 17.7. The summed E-state index contributed by atoms with van der Waals surface area (Å²) in [6.45, 7) is 2.18. The second-order valence-corrected chi connectivity index (χ2v) is 8.70. The first-order valence-corrected chi connectivity index (χ1v) is 10.2. The fourth-order valence-electron chi connectivity index (χ4n) is 3.05. The molecule has 0 radical (unpaired) electrons. The maximum Gasteiger partial charge on any atom is 0.243 e. The van der Waals surface area contributed by atoms with Crippen molar-refractivity contribution >= 4 is 21.6 Å². The van der Waals surface area contributed by atoms with Gasteiger partial charge in [0.05, 0.1) is 18.1 Å². The normalized spacial score (nSPS) is 19.0. The van der Waals surface area contributed by atoms with Gasteiger partial charge in [0.15, 0.2) is 0 Å². The molecule has 1 saturated heterocycles. The highest BCUT2D eigenvalue weighted by atomic mass is 35.5. The summed E-state index contributed by atoms with van der Waals surface area (Å²) in [5.41, 5.74) is 1.13. The number of ether oxygens (including phenoxy) is 1. The molecular weight excluding hydrogens is 358 g/mol. The van der Waals surface area contributed by atoms with Gasteiger partial charge in [-0.25, -0.2) is 8.42 Å². The molecule has 0 amide bonds. The maximum atomic E-state index is 12.8. The molecule has 0 aromatic heterocycles. The van der Waals surface area contributed by atoms with Crippen molar-refractivity contribution in [2.45, 2.75) is 24.3 Å². The summed E-state index contributed by atoms with van der Waals surface area (Å²) < 4.78 is 32.9. The fourth-order valence-corrected chi connectivity index (χ4v) is 4.74. The average Bonchev–Trinajstić information content (AvgIpc) is 2.63. The van der Waals surface area contributed by atoms with E-state index >= 15 is 0 Å². The highest BCUT2D eigenvalue weighted by Crippen LogP contribution is 2.25. The van der Waals surface area contributed by atoms with Gasteiger partial charge in [0.1, 0.15) is 0 Å². The van der Waals surface area contributed by atoms with Crippen LogP contribution in [0.25, 0.3) is 0 Å². The average molecular weight is 380 g/mol. The predicted octanol–water partition coefficient (Wildman–Crippen LogP) is 3.96. The van der Waals surface area contributed by atoms with Crippen molar-refractivity contribution in [3.8, 4) is 0 Å². The highest BCUT2D eigenvalue weighted by Gasteiger charge is 2.30. The second-order valence-electron chi connectivity index (χ2n) is 6.33. The summed E-state index contributed by atoms with van der Waals surface area (Å²) in [4.78, 5) is 0.294. The summed E-state index contributed by atoms with van der Waals surface area (Å²) >= 11 is 5.85. The molecule has 1 unspecified atom stereocenters. The molecule has 0 bridgehead atoms. The van der Waals surface area contributed by atoms with Gasteiger partial charge < -0.3 is 4.74 Å². The third-order valence-corrected chi connectivity index (χ3v) is 6.53. The molecule has 2 aromatic rings. The molecule has 0 saturated carbocycles. The Morgan fingerprint density at radius 2 is 1.80 bits per heavy atom. The minimum absolute atomic E-state index is 0.222. The molecule has 2 aromatic carbocycles. The van der Waals surface area contributed by atoms with E-state index in [-0.39, 0.29) is 5.92 Å². The van der Waals surface area contributed by atoms with Gasteiger partial charge in [-0.15, -0.1) is 0 Å². The molecule has 3 rings (SSSR count). The Kier molecular flexibility index (Phi) is 6.12. The van der Waals surface area contributed by atoms with Gasteiger partial charge >= 0.3 is 0 Å². The first-order chi connectivity index (χ1) is 12.1. The lowest BCUT2D eigenvalue weighted by atomic mass is 10.0. The Hall–Kier alpha value is -1.40. The second kappa shape index (κ2) is 8.32. The number of nitrogens with zero attached hydrogens (tertiary/aromatic N) is 1. The zero-order valence-corrected chi connectivity index (χ0v) is 15.5. The Balaban J connectivity index is 1.58. The Bertz CT molecular complexity index is 778. The van der Waals surface area contributed by atoms with Crippen LogP contribution in [0.15, 0.2) is 59.5 Å². The molecule has 1 aliphatic heterocycles. The molecule has 1 atom stereocenters. The van der Waals surface area contributed by atoms with E-state index in [4.69, 9.17) is 16.3 Å². The quantitative estimate of drug-likeness (QED) is 0.763. The van der Waals surface area contributed by atoms with Crippen LogP contribution < -0.4 is 0 Å². The number of piperidine rings is 1. The molecule has 6 heteroatoms. The number of hydrogen-bond donors (Lipinski definition) is 0. The van der Waals surface area contributed by atoms with Crippen molar-refractivity contribution in [2.24, 2.45) is 5.92 Å². The lowest BCUT2D eigenvalue weighted by Gasteiger charge is -2.31. The maximum absolute atomic E-state index is 12.8. The van der Waals surface area contributed by atoms with Crippen molar-refractivity contribution in [1.82, 2.24) is 4.31 Å². The lowest BCUT2D eigenvalue weighted by Crippen LogP contribution is -2.41. The van der Waals surface area contributed by atoms with E-state index in [1.807, 2.05) is 30.3 Å².